The van der Waals surface area contributed by atoms with E-state index in [1.807, 2.05) is 11.8 Å². The van der Waals surface area contributed by atoms with Crippen LogP contribution < -0.4 is 0 Å². The highest BCUT2D eigenvalue weighted by molar-refractivity contribution is 7.89. The van der Waals surface area contributed by atoms with Crippen LogP contribution in [-0.4, -0.2) is 49.7 Å². The third kappa shape index (κ3) is 3.89. The smallest absolute Gasteiger partial charge is 0.289 e. The summed E-state index contributed by atoms with van der Waals surface area (Å²) >= 11 is 0. The van der Waals surface area contributed by atoms with E-state index in [2.05, 4.69) is 20.8 Å². The normalized spacial score (nSPS) is 24.5. The highest BCUT2D eigenvalue weighted by Crippen LogP contribution is 2.32. The van der Waals surface area contributed by atoms with Gasteiger partial charge in [-0.2, -0.15) is 4.31 Å². The SMILES string of the molecule is Cc1c(C(=O)N2CC(C)CC(C)C2)oc2ccc(S(=O)(=O)N3CCC(C)CC3)cc12. The molecule has 6 nitrogen and oxygen atoms in total. The molecule has 2 fully saturated rings. The predicted octanol–water partition coefficient (Wildman–Crippen LogP) is 4.28. The summed E-state index contributed by atoms with van der Waals surface area (Å²) in [5.74, 6) is 1.71. The Bertz CT molecular complexity index is 1040. The molecule has 2 unspecified atom stereocenters. The fourth-order valence-electron chi connectivity index (χ4n) is 4.91. The Kier molecular flexibility index (Phi) is 5.70. The van der Waals surface area contributed by atoms with E-state index in [0.29, 0.717) is 53.1 Å². The van der Waals surface area contributed by atoms with Gasteiger partial charge in [0.05, 0.1) is 4.90 Å². The molecule has 0 saturated carbocycles. The molecule has 164 valence electrons. The Morgan fingerprint density at radius 3 is 2.30 bits per heavy atom. The lowest BCUT2D eigenvalue weighted by atomic mass is 9.91. The summed E-state index contributed by atoms with van der Waals surface area (Å²) in [7, 11) is -3.54. The number of furan rings is 1. The molecule has 0 aliphatic carbocycles. The van der Waals surface area contributed by atoms with Gasteiger partial charge in [-0.15, -0.1) is 0 Å². The van der Waals surface area contributed by atoms with E-state index < -0.39 is 10.0 Å². The summed E-state index contributed by atoms with van der Waals surface area (Å²) in [6, 6.07) is 4.94. The number of likely N-dealkylation sites (tertiary alicyclic amines) is 1. The molecule has 1 aromatic heterocycles. The minimum Gasteiger partial charge on any atom is -0.451 e. The molecule has 0 radical (unpaired) electrons. The van der Waals surface area contributed by atoms with Gasteiger partial charge in [0.1, 0.15) is 5.58 Å². The van der Waals surface area contributed by atoms with Crippen molar-refractivity contribution in [3.05, 3.63) is 29.5 Å². The number of aryl methyl sites for hydroxylation is 1. The van der Waals surface area contributed by atoms with Crippen LogP contribution >= 0.6 is 0 Å². The second kappa shape index (κ2) is 8.00. The van der Waals surface area contributed by atoms with Crippen molar-refractivity contribution in [1.29, 1.82) is 0 Å². The van der Waals surface area contributed by atoms with Gasteiger partial charge in [-0.25, -0.2) is 8.42 Å². The first-order valence-corrected chi connectivity index (χ1v) is 12.4. The highest BCUT2D eigenvalue weighted by atomic mass is 32.2. The second-order valence-electron chi connectivity index (χ2n) is 9.46. The third-order valence-corrected chi connectivity index (χ3v) is 8.53. The molecule has 4 rings (SSSR count). The minimum atomic E-state index is -3.54. The van der Waals surface area contributed by atoms with Crippen LogP contribution in [0.1, 0.15) is 56.2 Å². The van der Waals surface area contributed by atoms with Gasteiger partial charge in [-0.3, -0.25) is 4.79 Å². The summed E-state index contributed by atoms with van der Waals surface area (Å²) in [4.78, 5) is 15.3. The summed E-state index contributed by atoms with van der Waals surface area (Å²) in [5, 5.41) is 0.697. The van der Waals surface area contributed by atoms with Crippen molar-refractivity contribution in [2.75, 3.05) is 26.2 Å². The molecule has 2 saturated heterocycles. The number of carbonyl (C=O) groups excluding carboxylic acids is 1. The average molecular weight is 433 g/mol. The van der Waals surface area contributed by atoms with E-state index in [4.69, 9.17) is 4.42 Å². The molecule has 0 spiro atoms. The van der Waals surface area contributed by atoms with Crippen molar-refractivity contribution in [2.45, 2.75) is 51.9 Å². The summed E-state index contributed by atoms with van der Waals surface area (Å²) in [6.45, 7) is 10.9. The van der Waals surface area contributed by atoms with E-state index in [1.54, 1.807) is 22.5 Å². The van der Waals surface area contributed by atoms with Crippen LogP contribution in [0.25, 0.3) is 11.0 Å². The molecule has 0 bridgehead atoms. The van der Waals surface area contributed by atoms with Crippen LogP contribution in [0, 0.1) is 24.7 Å². The van der Waals surface area contributed by atoms with Crippen LogP contribution in [-0.2, 0) is 10.0 Å². The molecule has 2 aromatic rings. The Balaban J connectivity index is 1.64. The first kappa shape index (κ1) is 21.4. The topological polar surface area (TPSA) is 70.8 Å². The van der Waals surface area contributed by atoms with Crippen molar-refractivity contribution >= 4 is 26.9 Å². The Labute approximate surface area is 179 Å². The van der Waals surface area contributed by atoms with E-state index in [1.165, 1.54) is 0 Å². The summed E-state index contributed by atoms with van der Waals surface area (Å²) in [5.41, 5.74) is 1.27. The lowest BCUT2D eigenvalue weighted by Gasteiger charge is -2.34. The molecule has 1 aromatic carbocycles. The minimum absolute atomic E-state index is 0.100. The molecule has 2 aliphatic rings. The summed E-state index contributed by atoms with van der Waals surface area (Å²) < 4.78 is 33.7. The molecule has 2 aliphatic heterocycles. The number of rotatable bonds is 3. The molecule has 7 heteroatoms. The van der Waals surface area contributed by atoms with Gasteiger partial charge in [0, 0.05) is 37.1 Å². The van der Waals surface area contributed by atoms with Crippen LogP contribution in [0.2, 0.25) is 0 Å². The number of benzene rings is 1. The Morgan fingerprint density at radius 2 is 1.67 bits per heavy atom. The fraction of sp³-hybridized carbons (Fsp3) is 0.609. The first-order valence-electron chi connectivity index (χ1n) is 11.0. The van der Waals surface area contributed by atoms with Gasteiger partial charge in [0.15, 0.2) is 5.76 Å². The standard InChI is InChI=1S/C23H32N2O4S/c1-15-7-9-25(10-8-15)30(27,28)19-5-6-21-20(12-19)18(4)22(29-21)23(26)24-13-16(2)11-17(3)14-24/h5-6,12,15-17H,7-11,13-14H2,1-4H3. The maximum Gasteiger partial charge on any atom is 0.289 e. The maximum absolute atomic E-state index is 13.1. The van der Waals surface area contributed by atoms with Crippen LogP contribution in [0.3, 0.4) is 0 Å². The molecule has 30 heavy (non-hydrogen) atoms. The zero-order valence-electron chi connectivity index (χ0n) is 18.3. The third-order valence-electron chi connectivity index (χ3n) is 6.64. The van der Waals surface area contributed by atoms with Crippen molar-refractivity contribution in [3.8, 4) is 0 Å². The lowest BCUT2D eigenvalue weighted by molar-refractivity contribution is 0.0593. The Morgan fingerprint density at radius 1 is 1.03 bits per heavy atom. The van der Waals surface area contributed by atoms with Crippen molar-refractivity contribution in [3.63, 3.8) is 0 Å². The number of amides is 1. The zero-order chi connectivity index (χ0) is 21.6. The molecule has 3 heterocycles. The number of nitrogens with zero attached hydrogens (tertiary/aromatic N) is 2. The number of hydrogen-bond acceptors (Lipinski definition) is 4. The van der Waals surface area contributed by atoms with Gasteiger partial charge >= 0.3 is 0 Å². The molecule has 1 amide bonds. The van der Waals surface area contributed by atoms with E-state index in [-0.39, 0.29) is 10.8 Å². The number of hydrogen-bond donors (Lipinski definition) is 0. The van der Waals surface area contributed by atoms with Gasteiger partial charge in [0.25, 0.3) is 5.91 Å². The number of fused-ring (bicyclic) bond motifs is 1. The molecule has 2 atom stereocenters. The Hall–Kier alpha value is -1.86. The van der Waals surface area contributed by atoms with Crippen LogP contribution in [0.4, 0.5) is 0 Å². The van der Waals surface area contributed by atoms with Crippen molar-refractivity contribution in [2.24, 2.45) is 17.8 Å². The fourth-order valence-corrected chi connectivity index (χ4v) is 6.41. The van der Waals surface area contributed by atoms with Gasteiger partial charge in [0.2, 0.25) is 10.0 Å². The largest absolute Gasteiger partial charge is 0.451 e. The van der Waals surface area contributed by atoms with Crippen molar-refractivity contribution in [1.82, 2.24) is 9.21 Å². The molecular formula is C23H32N2O4S. The lowest BCUT2D eigenvalue weighted by Crippen LogP contribution is -2.42. The molecular weight excluding hydrogens is 400 g/mol. The second-order valence-corrected chi connectivity index (χ2v) is 11.4. The van der Waals surface area contributed by atoms with E-state index >= 15 is 0 Å². The maximum atomic E-state index is 13.1. The first-order chi connectivity index (χ1) is 14.2. The number of sulfonamides is 1. The van der Waals surface area contributed by atoms with Crippen LogP contribution in [0.15, 0.2) is 27.5 Å². The van der Waals surface area contributed by atoms with E-state index in [0.717, 1.165) is 32.4 Å². The summed E-state index contributed by atoms with van der Waals surface area (Å²) in [6.07, 6.45) is 2.90. The van der Waals surface area contributed by atoms with Gasteiger partial charge < -0.3 is 9.32 Å². The predicted molar refractivity (Wildman–Crippen MR) is 117 cm³/mol. The van der Waals surface area contributed by atoms with Gasteiger partial charge in [-0.1, -0.05) is 20.8 Å². The van der Waals surface area contributed by atoms with Gasteiger partial charge in [-0.05, 0) is 62.1 Å². The zero-order valence-corrected chi connectivity index (χ0v) is 19.2. The van der Waals surface area contributed by atoms with Crippen LogP contribution in [0.5, 0.6) is 0 Å². The van der Waals surface area contributed by atoms with E-state index in [9.17, 15) is 13.2 Å². The number of piperidine rings is 2. The average Bonchev–Trinajstić information content (AvgIpc) is 3.03. The quantitative estimate of drug-likeness (QED) is 0.726. The van der Waals surface area contributed by atoms with Crippen molar-refractivity contribution < 1.29 is 17.6 Å². The molecule has 0 N–H and O–H groups in total. The highest BCUT2D eigenvalue weighted by Gasteiger charge is 2.31. The monoisotopic (exact) mass is 432 g/mol. The number of carbonyl (C=O) groups is 1.